The van der Waals surface area contributed by atoms with Crippen LogP contribution >= 0.6 is 0 Å². The molecule has 2 atom stereocenters. The summed E-state index contributed by atoms with van der Waals surface area (Å²) in [5.41, 5.74) is 6.97. The molecule has 7 heteroatoms. The van der Waals surface area contributed by atoms with Crippen molar-refractivity contribution in [2.45, 2.75) is 24.8 Å². The molecule has 2 aromatic heterocycles. The van der Waals surface area contributed by atoms with Crippen LogP contribution in [0.5, 0.6) is 0 Å². The van der Waals surface area contributed by atoms with Gasteiger partial charge in [0.15, 0.2) is 5.82 Å². The summed E-state index contributed by atoms with van der Waals surface area (Å²) in [6.07, 6.45) is 4.90. The molecule has 0 saturated carbocycles. The predicted molar refractivity (Wildman–Crippen MR) is 61.7 cm³/mol. The standard InChI is InChI=1S/C11H15N5O2/c12-9(3-8-4-13-6-14-8)11-15-10(16-18-11)7-1-2-17-5-7/h4,6-7,9H,1-3,5,12H2,(H,13,14)/t7?,9-/m1/s1. The second-order valence-corrected chi connectivity index (χ2v) is 4.44. The Morgan fingerprint density at radius 2 is 2.50 bits per heavy atom. The molecule has 0 bridgehead atoms. The number of ether oxygens (including phenoxy) is 1. The number of aromatic nitrogens is 4. The highest BCUT2D eigenvalue weighted by molar-refractivity contribution is 5.04. The van der Waals surface area contributed by atoms with Gasteiger partial charge in [-0.3, -0.25) is 0 Å². The Labute approximate surface area is 104 Å². The Kier molecular flexibility index (Phi) is 3.07. The number of aromatic amines is 1. The lowest BCUT2D eigenvalue weighted by atomic mass is 10.1. The summed E-state index contributed by atoms with van der Waals surface area (Å²) in [5.74, 6) is 1.40. The van der Waals surface area contributed by atoms with Gasteiger partial charge in [-0.05, 0) is 6.42 Å². The molecule has 0 radical (unpaired) electrons. The minimum atomic E-state index is -0.311. The maximum absolute atomic E-state index is 6.02. The maximum Gasteiger partial charge on any atom is 0.243 e. The third-order valence-electron chi connectivity index (χ3n) is 3.06. The summed E-state index contributed by atoms with van der Waals surface area (Å²) in [7, 11) is 0. The molecule has 2 aromatic rings. The Morgan fingerprint density at radius 3 is 3.22 bits per heavy atom. The summed E-state index contributed by atoms with van der Waals surface area (Å²) in [6.45, 7) is 1.42. The van der Waals surface area contributed by atoms with Crippen molar-refractivity contribution in [3.63, 3.8) is 0 Å². The number of H-pyrrole nitrogens is 1. The van der Waals surface area contributed by atoms with Gasteiger partial charge in [0.2, 0.25) is 5.89 Å². The van der Waals surface area contributed by atoms with Crippen LogP contribution in [0.2, 0.25) is 0 Å². The molecular weight excluding hydrogens is 234 g/mol. The van der Waals surface area contributed by atoms with Gasteiger partial charge in [-0.1, -0.05) is 5.16 Å². The molecule has 1 aliphatic rings. The SMILES string of the molecule is N[C@H](Cc1cnc[nH]1)c1nc(C2CCOC2)no1. The van der Waals surface area contributed by atoms with Crippen LogP contribution in [0.4, 0.5) is 0 Å². The zero-order chi connectivity index (χ0) is 12.4. The van der Waals surface area contributed by atoms with Crippen LogP contribution in [0, 0.1) is 0 Å². The van der Waals surface area contributed by atoms with Gasteiger partial charge >= 0.3 is 0 Å². The first kappa shape index (κ1) is 11.4. The van der Waals surface area contributed by atoms with Gasteiger partial charge in [0.05, 0.1) is 19.0 Å². The smallest absolute Gasteiger partial charge is 0.243 e. The van der Waals surface area contributed by atoms with Crippen molar-refractivity contribution in [1.82, 2.24) is 20.1 Å². The van der Waals surface area contributed by atoms with Gasteiger partial charge in [0, 0.05) is 30.8 Å². The van der Waals surface area contributed by atoms with Crippen molar-refractivity contribution < 1.29 is 9.26 Å². The minimum absolute atomic E-state index is 0.238. The summed E-state index contributed by atoms with van der Waals surface area (Å²) >= 11 is 0. The van der Waals surface area contributed by atoms with E-state index in [0.717, 1.165) is 18.7 Å². The quantitative estimate of drug-likeness (QED) is 0.819. The molecule has 0 aliphatic carbocycles. The van der Waals surface area contributed by atoms with E-state index < -0.39 is 0 Å². The van der Waals surface area contributed by atoms with Crippen LogP contribution < -0.4 is 5.73 Å². The molecule has 3 N–H and O–H groups in total. The van der Waals surface area contributed by atoms with Crippen molar-refractivity contribution in [2.75, 3.05) is 13.2 Å². The van der Waals surface area contributed by atoms with Gasteiger partial charge in [0.25, 0.3) is 0 Å². The normalized spacial score (nSPS) is 21.3. The van der Waals surface area contributed by atoms with Crippen molar-refractivity contribution in [3.8, 4) is 0 Å². The van der Waals surface area contributed by atoms with E-state index in [2.05, 4.69) is 20.1 Å². The number of hydrogen-bond donors (Lipinski definition) is 2. The first-order valence-electron chi connectivity index (χ1n) is 5.97. The van der Waals surface area contributed by atoms with Gasteiger partial charge in [0.1, 0.15) is 0 Å². The molecule has 3 rings (SSSR count). The lowest BCUT2D eigenvalue weighted by molar-refractivity contribution is 0.192. The average molecular weight is 249 g/mol. The zero-order valence-electron chi connectivity index (χ0n) is 9.87. The van der Waals surface area contributed by atoms with Crippen LogP contribution in [0.1, 0.15) is 35.8 Å². The molecule has 1 fully saturated rings. The fourth-order valence-corrected chi connectivity index (χ4v) is 2.02. The lowest BCUT2D eigenvalue weighted by Crippen LogP contribution is -2.14. The molecule has 0 aromatic carbocycles. The van der Waals surface area contributed by atoms with Crippen LogP contribution in [0.25, 0.3) is 0 Å². The summed E-state index contributed by atoms with van der Waals surface area (Å²) < 4.78 is 10.5. The van der Waals surface area contributed by atoms with Crippen LogP contribution in [-0.4, -0.2) is 33.3 Å². The van der Waals surface area contributed by atoms with Gasteiger partial charge in [-0.15, -0.1) is 0 Å². The second-order valence-electron chi connectivity index (χ2n) is 4.44. The van der Waals surface area contributed by atoms with E-state index in [4.69, 9.17) is 15.0 Å². The van der Waals surface area contributed by atoms with Crippen molar-refractivity contribution in [3.05, 3.63) is 29.9 Å². The van der Waals surface area contributed by atoms with E-state index in [1.54, 1.807) is 12.5 Å². The number of nitrogens with one attached hydrogen (secondary N) is 1. The monoisotopic (exact) mass is 249 g/mol. The maximum atomic E-state index is 6.02. The Balaban J connectivity index is 1.68. The number of imidazole rings is 1. The third-order valence-corrected chi connectivity index (χ3v) is 3.06. The molecule has 3 heterocycles. The fourth-order valence-electron chi connectivity index (χ4n) is 2.02. The second kappa shape index (κ2) is 4.87. The van der Waals surface area contributed by atoms with Crippen LogP contribution in [0.3, 0.4) is 0 Å². The minimum Gasteiger partial charge on any atom is -0.381 e. The van der Waals surface area contributed by atoms with E-state index in [1.807, 2.05) is 0 Å². The molecule has 1 aliphatic heterocycles. The van der Waals surface area contributed by atoms with Crippen molar-refractivity contribution >= 4 is 0 Å². The molecule has 0 amide bonds. The van der Waals surface area contributed by atoms with E-state index in [1.165, 1.54) is 0 Å². The van der Waals surface area contributed by atoms with E-state index in [-0.39, 0.29) is 12.0 Å². The van der Waals surface area contributed by atoms with E-state index in [0.29, 0.717) is 24.7 Å². The Bertz CT molecular complexity index is 489. The number of rotatable bonds is 4. The molecule has 0 spiro atoms. The molecule has 1 unspecified atom stereocenters. The highest BCUT2D eigenvalue weighted by atomic mass is 16.5. The summed E-state index contributed by atoms with van der Waals surface area (Å²) in [6, 6.07) is -0.311. The number of nitrogens with zero attached hydrogens (tertiary/aromatic N) is 3. The number of hydrogen-bond acceptors (Lipinski definition) is 6. The summed E-state index contributed by atoms with van der Waals surface area (Å²) in [5, 5.41) is 3.98. The largest absolute Gasteiger partial charge is 0.381 e. The molecule has 1 saturated heterocycles. The van der Waals surface area contributed by atoms with Gasteiger partial charge in [-0.25, -0.2) is 4.98 Å². The van der Waals surface area contributed by atoms with Crippen molar-refractivity contribution in [2.24, 2.45) is 5.73 Å². The highest BCUT2D eigenvalue weighted by Gasteiger charge is 2.24. The Morgan fingerprint density at radius 1 is 1.56 bits per heavy atom. The highest BCUT2D eigenvalue weighted by Crippen LogP contribution is 2.23. The van der Waals surface area contributed by atoms with Crippen LogP contribution in [-0.2, 0) is 11.2 Å². The molecule has 7 nitrogen and oxygen atoms in total. The fraction of sp³-hybridized carbons (Fsp3) is 0.545. The molecular formula is C11H15N5O2. The topological polar surface area (TPSA) is 103 Å². The first-order valence-corrected chi connectivity index (χ1v) is 5.97. The predicted octanol–water partition coefficient (Wildman–Crippen LogP) is 0.539. The van der Waals surface area contributed by atoms with Crippen LogP contribution in [0.15, 0.2) is 17.0 Å². The molecule has 18 heavy (non-hydrogen) atoms. The first-order chi connectivity index (χ1) is 8.83. The Hall–Kier alpha value is -1.73. The zero-order valence-corrected chi connectivity index (χ0v) is 9.87. The average Bonchev–Trinajstić information content (AvgIpc) is 3.11. The van der Waals surface area contributed by atoms with E-state index >= 15 is 0 Å². The lowest BCUT2D eigenvalue weighted by Gasteiger charge is -2.03. The number of nitrogens with two attached hydrogens (primary N) is 1. The van der Waals surface area contributed by atoms with E-state index in [9.17, 15) is 0 Å². The summed E-state index contributed by atoms with van der Waals surface area (Å²) in [4.78, 5) is 11.3. The van der Waals surface area contributed by atoms with Gasteiger partial charge in [-0.2, -0.15) is 4.98 Å². The third kappa shape index (κ3) is 2.27. The van der Waals surface area contributed by atoms with Crippen molar-refractivity contribution in [1.29, 1.82) is 0 Å². The van der Waals surface area contributed by atoms with Gasteiger partial charge < -0.3 is 20.0 Å². The molecule has 96 valence electrons.